The molecule has 0 saturated carbocycles. The van der Waals surface area contributed by atoms with Gasteiger partial charge in [0, 0.05) is 24.8 Å². The molecule has 2 aromatic carbocycles. The number of anilines is 2. The molecule has 2 heterocycles. The summed E-state index contributed by atoms with van der Waals surface area (Å²) in [5, 5.41) is 36.4. The van der Waals surface area contributed by atoms with E-state index in [1.165, 1.54) is 0 Å². The number of aliphatic hydroxyl groups is 2. The maximum atomic E-state index is 11.5. The summed E-state index contributed by atoms with van der Waals surface area (Å²) in [7, 11) is 1.55. The molecule has 0 aliphatic carbocycles. The van der Waals surface area contributed by atoms with E-state index in [4.69, 9.17) is 5.11 Å². The Labute approximate surface area is 183 Å². The van der Waals surface area contributed by atoms with Gasteiger partial charge in [0.05, 0.1) is 47.3 Å². The number of hydrogen-bond acceptors (Lipinski definition) is 7. The summed E-state index contributed by atoms with van der Waals surface area (Å²) in [6, 6.07) is 14.3. The first-order valence-corrected chi connectivity index (χ1v) is 9.87. The second-order valence-corrected chi connectivity index (χ2v) is 7.08. The predicted molar refractivity (Wildman–Crippen MR) is 120 cm³/mol. The van der Waals surface area contributed by atoms with Crippen LogP contribution in [0.2, 0.25) is 0 Å². The molecule has 4 rings (SSSR count). The van der Waals surface area contributed by atoms with Crippen LogP contribution in [-0.4, -0.2) is 56.9 Å². The summed E-state index contributed by atoms with van der Waals surface area (Å²) < 4.78 is 1.92. The number of urea groups is 1. The fourth-order valence-corrected chi connectivity index (χ4v) is 3.32. The largest absolute Gasteiger partial charge is 0.394 e. The summed E-state index contributed by atoms with van der Waals surface area (Å²) in [6.45, 7) is -0.295. The van der Waals surface area contributed by atoms with E-state index >= 15 is 0 Å². The van der Waals surface area contributed by atoms with Crippen LogP contribution >= 0.6 is 0 Å². The van der Waals surface area contributed by atoms with E-state index in [1.54, 1.807) is 37.5 Å². The number of carbonyl (C=O) groups is 1. The summed E-state index contributed by atoms with van der Waals surface area (Å²) >= 11 is 0. The van der Waals surface area contributed by atoms with Crippen molar-refractivity contribution in [3.63, 3.8) is 0 Å². The summed E-state index contributed by atoms with van der Waals surface area (Å²) in [5.74, 6) is 0.421. The minimum absolute atomic E-state index is 0.0880. The third-order valence-electron chi connectivity index (χ3n) is 4.93. The highest BCUT2D eigenvalue weighted by Crippen LogP contribution is 2.29. The Morgan fingerprint density at radius 2 is 2.03 bits per heavy atom. The van der Waals surface area contributed by atoms with Gasteiger partial charge in [0.25, 0.3) is 0 Å². The molecular weight excluding hydrogens is 410 g/mol. The zero-order chi connectivity index (χ0) is 22.7. The topological polar surface area (TPSA) is 148 Å². The molecule has 162 valence electrons. The molecule has 2 amide bonds. The maximum absolute atomic E-state index is 11.5. The zero-order valence-electron chi connectivity index (χ0n) is 17.2. The van der Waals surface area contributed by atoms with Crippen LogP contribution in [-0.2, 0) is 0 Å². The van der Waals surface area contributed by atoms with Gasteiger partial charge in [-0.25, -0.2) is 14.8 Å². The van der Waals surface area contributed by atoms with E-state index in [0.717, 1.165) is 16.8 Å². The summed E-state index contributed by atoms with van der Waals surface area (Å²) in [6.07, 6.45) is 0.761. The maximum Gasteiger partial charge on any atom is 0.318 e. The van der Waals surface area contributed by atoms with Gasteiger partial charge in [0.2, 0.25) is 0 Å². The van der Waals surface area contributed by atoms with Crippen molar-refractivity contribution in [2.45, 2.75) is 6.10 Å². The summed E-state index contributed by atoms with van der Waals surface area (Å²) in [4.78, 5) is 20.6. The first-order chi connectivity index (χ1) is 15.5. The molecule has 0 saturated heterocycles. The van der Waals surface area contributed by atoms with Gasteiger partial charge in [0.1, 0.15) is 0 Å². The number of rotatable bonds is 6. The predicted octanol–water partition coefficient (Wildman–Crippen LogP) is 1.94. The lowest BCUT2D eigenvalue weighted by Gasteiger charge is -2.13. The number of benzene rings is 2. The third kappa shape index (κ3) is 4.02. The molecule has 0 radical (unpaired) electrons. The highest BCUT2D eigenvalue weighted by atomic mass is 16.3. The van der Waals surface area contributed by atoms with Crippen molar-refractivity contribution in [3.8, 4) is 17.3 Å². The van der Waals surface area contributed by atoms with Crippen molar-refractivity contribution in [2.24, 2.45) is 0 Å². The fraction of sp³-hybridized carbons (Fsp3) is 0.182. The first kappa shape index (κ1) is 21.0. The van der Waals surface area contributed by atoms with Crippen LogP contribution in [0, 0.1) is 11.3 Å². The van der Waals surface area contributed by atoms with E-state index in [2.05, 4.69) is 32.0 Å². The molecule has 0 fully saturated rings. The first-order valence-electron chi connectivity index (χ1n) is 9.87. The van der Waals surface area contributed by atoms with Gasteiger partial charge in [0.15, 0.2) is 11.5 Å². The second-order valence-electron chi connectivity index (χ2n) is 7.08. The Kier molecular flexibility index (Phi) is 5.85. The fourth-order valence-electron chi connectivity index (χ4n) is 3.32. The molecule has 1 unspecified atom stereocenters. The number of hydrogen-bond donors (Lipinski definition) is 5. The molecule has 2 aromatic heterocycles. The Morgan fingerprint density at radius 1 is 1.25 bits per heavy atom. The minimum Gasteiger partial charge on any atom is -0.394 e. The van der Waals surface area contributed by atoms with Crippen molar-refractivity contribution in [3.05, 3.63) is 54.2 Å². The molecule has 0 spiro atoms. The highest BCUT2D eigenvalue weighted by Gasteiger charge is 2.16. The molecule has 32 heavy (non-hydrogen) atoms. The molecule has 1 atom stereocenters. The molecule has 0 aliphatic rings. The van der Waals surface area contributed by atoms with Gasteiger partial charge in [-0.15, -0.1) is 0 Å². The Hall–Kier alpha value is -4.20. The number of nitrogens with zero attached hydrogens (tertiary/aromatic N) is 4. The lowest BCUT2D eigenvalue weighted by molar-refractivity contribution is 0.105. The van der Waals surface area contributed by atoms with E-state index in [-0.39, 0.29) is 19.2 Å². The Bertz CT molecular complexity index is 1330. The van der Waals surface area contributed by atoms with Gasteiger partial charge < -0.3 is 26.2 Å². The number of aliphatic hydroxyl groups excluding tert-OH is 2. The quantitative estimate of drug-likeness (QED) is 0.313. The van der Waals surface area contributed by atoms with Crippen molar-refractivity contribution in [2.75, 3.05) is 30.8 Å². The number of imidazole rings is 1. The normalized spacial score (nSPS) is 11.8. The van der Waals surface area contributed by atoms with Gasteiger partial charge in [-0.2, -0.15) is 5.26 Å². The SMILES string of the molecule is CNC(=O)Nc1ccc(-c2cnc3c(NCC(O)CO)nc4cc(C#N)ccc4n23)cc1. The van der Waals surface area contributed by atoms with Crippen molar-refractivity contribution in [1.29, 1.82) is 5.26 Å². The van der Waals surface area contributed by atoms with Crippen LogP contribution in [0.1, 0.15) is 5.56 Å². The molecular formula is C22H21N7O3. The average molecular weight is 431 g/mol. The third-order valence-corrected chi connectivity index (χ3v) is 4.93. The summed E-state index contributed by atoms with van der Waals surface area (Å²) in [5.41, 5.74) is 4.63. The molecule has 10 nitrogen and oxygen atoms in total. The van der Waals surface area contributed by atoms with Crippen molar-refractivity contribution < 1.29 is 15.0 Å². The second kappa shape index (κ2) is 8.89. The molecule has 0 aliphatic heterocycles. The number of carbonyl (C=O) groups excluding carboxylic acids is 1. The van der Waals surface area contributed by atoms with E-state index in [0.29, 0.717) is 28.2 Å². The molecule has 0 bridgehead atoms. The number of nitriles is 1. The van der Waals surface area contributed by atoms with Crippen LogP contribution in [0.25, 0.3) is 27.9 Å². The van der Waals surface area contributed by atoms with E-state index < -0.39 is 6.10 Å². The average Bonchev–Trinajstić information content (AvgIpc) is 3.27. The van der Waals surface area contributed by atoms with Crippen LogP contribution in [0.15, 0.2) is 48.7 Å². The Morgan fingerprint density at radius 3 is 2.72 bits per heavy atom. The smallest absolute Gasteiger partial charge is 0.318 e. The van der Waals surface area contributed by atoms with Crippen LogP contribution < -0.4 is 16.0 Å². The number of fused-ring (bicyclic) bond motifs is 3. The standard InChI is InChI=1S/C22H21N7O3/c1-24-22(32)27-15-5-3-14(4-6-15)19-11-26-21-20(25-10-16(31)12-30)28-17-8-13(9-23)2-7-18(17)29(19)21/h2-8,11,16,30-31H,10,12H2,1H3,(H,25,28)(H2,24,27,32). The minimum atomic E-state index is -0.951. The van der Waals surface area contributed by atoms with Crippen LogP contribution in [0.4, 0.5) is 16.3 Å². The highest BCUT2D eigenvalue weighted by molar-refractivity contribution is 5.90. The van der Waals surface area contributed by atoms with Gasteiger partial charge in [-0.3, -0.25) is 4.40 Å². The van der Waals surface area contributed by atoms with Crippen molar-refractivity contribution in [1.82, 2.24) is 19.7 Å². The number of nitrogens with one attached hydrogen (secondary N) is 3. The number of amides is 2. The van der Waals surface area contributed by atoms with Gasteiger partial charge >= 0.3 is 6.03 Å². The zero-order valence-corrected chi connectivity index (χ0v) is 17.2. The molecule has 10 heteroatoms. The van der Waals surface area contributed by atoms with E-state index in [9.17, 15) is 15.2 Å². The monoisotopic (exact) mass is 431 g/mol. The van der Waals surface area contributed by atoms with Gasteiger partial charge in [-0.1, -0.05) is 12.1 Å². The molecule has 5 N–H and O–H groups in total. The Balaban J connectivity index is 1.84. The van der Waals surface area contributed by atoms with E-state index in [1.807, 2.05) is 22.6 Å². The lowest BCUT2D eigenvalue weighted by atomic mass is 10.1. The van der Waals surface area contributed by atoms with Crippen molar-refractivity contribution >= 4 is 34.2 Å². The lowest BCUT2D eigenvalue weighted by Crippen LogP contribution is -2.24. The van der Waals surface area contributed by atoms with Crippen LogP contribution in [0.3, 0.4) is 0 Å². The van der Waals surface area contributed by atoms with Crippen LogP contribution in [0.5, 0.6) is 0 Å². The molecule has 4 aromatic rings. The van der Waals surface area contributed by atoms with Gasteiger partial charge in [-0.05, 0) is 30.3 Å². The number of aromatic nitrogens is 3.